The van der Waals surface area contributed by atoms with E-state index in [0.29, 0.717) is 13.1 Å². The van der Waals surface area contributed by atoms with Crippen LogP contribution in [0.25, 0.3) is 0 Å². The number of rotatable bonds is 4. The van der Waals surface area contributed by atoms with E-state index in [1.54, 1.807) is 0 Å². The molecule has 2 heterocycles. The van der Waals surface area contributed by atoms with Gasteiger partial charge in [-0.25, -0.2) is 8.42 Å². The first-order valence-electron chi connectivity index (χ1n) is 6.99. The number of nitrogens with zero attached hydrogens (tertiary/aromatic N) is 3. The lowest BCUT2D eigenvalue weighted by atomic mass is 10.3. The lowest BCUT2D eigenvalue weighted by molar-refractivity contribution is 0.182. The average molecular weight is 296 g/mol. The summed E-state index contributed by atoms with van der Waals surface area (Å²) in [6.07, 6.45) is 5.48. The van der Waals surface area contributed by atoms with Gasteiger partial charge >= 0.3 is 0 Å². The number of hydrogen-bond acceptors (Lipinski definition) is 5. The summed E-state index contributed by atoms with van der Waals surface area (Å²) in [5, 5.41) is 0. The third-order valence-electron chi connectivity index (χ3n) is 3.98. The number of piperazine rings is 1. The molecule has 0 spiro atoms. The van der Waals surface area contributed by atoms with Crippen LogP contribution in [0.15, 0.2) is 23.4 Å². The van der Waals surface area contributed by atoms with Crippen LogP contribution >= 0.6 is 0 Å². The molecule has 20 heavy (non-hydrogen) atoms. The van der Waals surface area contributed by atoms with Gasteiger partial charge in [0, 0.05) is 45.1 Å². The molecule has 1 aliphatic heterocycles. The molecule has 1 aromatic rings. The second kappa shape index (κ2) is 5.31. The highest BCUT2D eigenvalue weighted by molar-refractivity contribution is 7.89. The first-order chi connectivity index (χ1) is 9.57. The van der Waals surface area contributed by atoms with Gasteiger partial charge in [-0.1, -0.05) is 0 Å². The third-order valence-corrected chi connectivity index (χ3v) is 5.92. The highest BCUT2D eigenvalue weighted by Gasteiger charge is 2.32. The minimum absolute atomic E-state index is 0.121. The van der Waals surface area contributed by atoms with E-state index in [0.717, 1.165) is 25.6 Å². The SMILES string of the molecule is Nc1ccncc1S(=O)(=O)N1CCN(CC2CC2)CC1. The molecular formula is C13H20N4O2S. The molecule has 6 nitrogen and oxygen atoms in total. The Morgan fingerprint density at radius 2 is 1.95 bits per heavy atom. The van der Waals surface area contributed by atoms with Gasteiger partial charge in [0.05, 0.1) is 5.69 Å². The summed E-state index contributed by atoms with van der Waals surface area (Å²) in [6.45, 7) is 3.78. The smallest absolute Gasteiger partial charge is 0.246 e. The molecule has 7 heteroatoms. The van der Waals surface area contributed by atoms with Gasteiger partial charge < -0.3 is 10.6 Å². The van der Waals surface area contributed by atoms with E-state index < -0.39 is 10.0 Å². The van der Waals surface area contributed by atoms with E-state index in [2.05, 4.69) is 9.88 Å². The summed E-state index contributed by atoms with van der Waals surface area (Å²) in [6, 6.07) is 1.52. The first-order valence-corrected chi connectivity index (χ1v) is 8.43. The lowest BCUT2D eigenvalue weighted by Gasteiger charge is -2.34. The van der Waals surface area contributed by atoms with E-state index in [-0.39, 0.29) is 10.6 Å². The van der Waals surface area contributed by atoms with E-state index in [9.17, 15) is 8.42 Å². The van der Waals surface area contributed by atoms with Crippen LogP contribution in [0.3, 0.4) is 0 Å². The van der Waals surface area contributed by atoms with Crippen LogP contribution in [0.4, 0.5) is 5.69 Å². The largest absolute Gasteiger partial charge is 0.398 e. The Bertz CT molecular complexity index is 578. The maximum absolute atomic E-state index is 12.5. The average Bonchev–Trinajstić information content (AvgIpc) is 3.24. The summed E-state index contributed by atoms with van der Waals surface area (Å²) in [5.41, 5.74) is 6.02. The third kappa shape index (κ3) is 2.79. The summed E-state index contributed by atoms with van der Waals surface area (Å²) < 4.78 is 26.6. The van der Waals surface area contributed by atoms with Crippen molar-refractivity contribution in [3.8, 4) is 0 Å². The number of sulfonamides is 1. The molecule has 0 bridgehead atoms. The lowest BCUT2D eigenvalue weighted by Crippen LogP contribution is -2.49. The number of nitrogens with two attached hydrogens (primary N) is 1. The molecule has 2 fully saturated rings. The molecule has 1 saturated heterocycles. The van der Waals surface area contributed by atoms with Crippen LogP contribution in [-0.2, 0) is 10.0 Å². The summed E-state index contributed by atoms with van der Waals surface area (Å²) >= 11 is 0. The standard InChI is InChI=1S/C13H20N4O2S/c14-12-3-4-15-9-13(12)20(18,19)17-7-5-16(6-8-17)10-11-1-2-11/h3-4,9,11H,1-2,5-8,10H2,(H2,14,15). The van der Waals surface area contributed by atoms with Gasteiger partial charge in [-0.15, -0.1) is 0 Å². The van der Waals surface area contributed by atoms with E-state index >= 15 is 0 Å². The van der Waals surface area contributed by atoms with Crippen LogP contribution in [0.1, 0.15) is 12.8 Å². The zero-order chi connectivity index (χ0) is 14.2. The molecule has 2 N–H and O–H groups in total. The van der Waals surface area contributed by atoms with Crippen molar-refractivity contribution < 1.29 is 8.42 Å². The molecule has 1 aliphatic carbocycles. The highest BCUT2D eigenvalue weighted by atomic mass is 32.2. The Balaban J connectivity index is 1.68. The molecule has 0 aromatic carbocycles. The molecule has 110 valence electrons. The molecule has 0 radical (unpaired) electrons. The molecule has 1 aromatic heterocycles. The summed E-state index contributed by atoms with van der Waals surface area (Å²) in [5.74, 6) is 0.840. The van der Waals surface area contributed by atoms with Crippen molar-refractivity contribution in [3.63, 3.8) is 0 Å². The Morgan fingerprint density at radius 1 is 1.25 bits per heavy atom. The molecule has 0 amide bonds. The van der Waals surface area contributed by atoms with Crippen molar-refractivity contribution in [2.45, 2.75) is 17.7 Å². The predicted molar refractivity (Wildman–Crippen MR) is 76.6 cm³/mol. The Hall–Kier alpha value is -1.18. The summed E-state index contributed by atoms with van der Waals surface area (Å²) in [7, 11) is -3.51. The van der Waals surface area contributed by atoms with Crippen LogP contribution < -0.4 is 5.73 Å². The molecular weight excluding hydrogens is 276 g/mol. The van der Waals surface area contributed by atoms with Gasteiger partial charge in [0.2, 0.25) is 10.0 Å². The van der Waals surface area contributed by atoms with E-state index in [4.69, 9.17) is 5.73 Å². The maximum atomic E-state index is 12.5. The fourth-order valence-corrected chi connectivity index (χ4v) is 4.05. The monoisotopic (exact) mass is 296 g/mol. The fraction of sp³-hybridized carbons (Fsp3) is 0.615. The number of hydrogen-bond donors (Lipinski definition) is 1. The van der Waals surface area contributed by atoms with Gasteiger partial charge in [-0.2, -0.15) is 4.31 Å². The number of nitrogen functional groups attached to an aromatic ring is 1. The van der Waals surface area contributed by atoms with Crippen molar-refractivity contribution in [2.24, 2.45) is 5.92 Å². The van der Waals surface area contributed by atoms with Crippen molar-refractivity contribution in [1.82, 2.24) is 14.2 Å². The zero-order valence-electron chi connectivity index (χ0n) is 11.4. The molecule has 0 atom stereocenters. The van der Waals surface area contributed by atoms with Crippen LogP contribution in [0, 0.1) is 5.92 Å². The zero-order valence-corrected chi connectivity index (χ0v) is 12.2. The predicted octanol–water partition coefficient (Wildman–Crippen LogP) is 0.380. The fourth-order valence-electron chi connectivity index (χ4n) is 2.56. The number of anilines is 1. The minimum Gasteiger partial charge on any atom is -0.398 e. The summed E-state index contributed by atoms with van der Waals surface area (Å²) in [4.78, 5) is 6.35. The maximum Gasteiger partial charge on any atom is 0.246 e. The first kappa shape index (κ1) is 13.8. The van der Waals surface area contributed by atoms with Crippen molar-refractivity contribution in [1.29, 1.82) is 0 Å². The number of aromatic nitrogens is 1. The van der Waals surface area contributed by atoms with Gasteiger partial charge in [0.25, 0.3) is 0 Å². The van der Waals surface area contributed by atoms with Crippen LogP contribution in [-0.4, -0.2) is 55.3 Å². The molecule has 1 saturated carbocycles. The Kier molecular flexibility index (Phi) is 3.66. The Labute approximate surface area is 119 Å². The topological polar surface area (TPSA) is 79.5 Å². The van der Waals surface area contributed by atoms with Crippen molar-refractivity contribution in [3.05, 3.63) is 18.5 Å². The number of pyridine rings is 1. The van der Waals surface area contributed by atoms with Crippen molar-refractivity contribution >= 4 is 15.7 Å². The van der Waals surface area contributed by atoms with Gasteiger partial charge in [-0.3, -0.25) is 4.98 Å². The Morgan fingerprint density at radius 3 is 2.55 bits per heavy atom. The second-order valence-corrected chi connectivity index (χ2v) is 7.47. The van der Waals surface area contributed by atoms with E-state index in [1.807, 2.05) is 0 Å². The molecule has 3 rings (SSSR count). The van der Waals surface area contributed by atoms with E-state index in [1.165, 1.54) is 35.6 Å². The quantitative estimate of drug-likeness (QED) is 0.869. The minimum atomic E-state index is -3.51. The van der Waals surface area contributed by atoms with Gasteiger partial charge in [-0.05, 0) is 24.8 Å². The van der Waals surface area contributed by atoms with Gasteiger partial charge in [0.1, 0.15) is 4.90 Å². The highest BCUT2D eigenvalue weighted by Crippen LogP contribution is 2.30. The van der Waals surface area contributed by atoms with Crippen LogP contribution in [0.2, 0.25) is 0 Å². The molecule has 0 unspecified atom stereocenters. The second-order valence-electron chi connectivity index (χ2n) is 5.56. The van der Waals surface area contributed by atoms with Crippen molar-refractivity contribution in [2.75, 3.05) is 38.5 Å². The molecule has 2 aliphatic rings. The van der Waals surface area contributed by atoms with Gasteiger partial charge in [0.15, 0.2) is 0 Å². The normalized spacial score (nSPS) is 22.0. The van der Waals surface area contributed by atoms with Crippen LogP contribution in [0.5, 0.6) is 0 Å².